The van der Waals surface area contributed by atoms with E-state index in [0.29, 0.717) is 31.8 Å². The van der Waals surface area contributed by atoms with Gasteiger partial charge in [-0.05, 0) is 47.4 Å². The van der Waals surface area contributed by atoms with Crippen LogP contribution in [-0.2, 0) is 22.6 Å². The van der Waals surface area contributed by atoms with E-state index in [9.17, 15) is 9.90 Å². The predicted molar refractivity (Wildman–Crippen MR) is 152 cm³/mol. The third kappa shape index (κ3) is 7.11. The molecule has 3 aromatic carbocycles. The highest BCUT2D eigenvalue weighted by atomic mass is 16.5. The molecule has 0 bridgehead atoms. The average Bonchev–Trinajstić information content (AvgIpc) is 3.44. The van der Waals surface area contributed by atoms with Crippen molar-refractivity contribution < 1.29 is 14.6 Å². The molecule has 40 heavy (non-hydrogen) atoms. The van der Waals surface area contributed by atoms with Gasteiger partial charge >= 0.3 is 5.97 Å². The third-order valence-corrected chi connectivity index (χ3v) is 7.19. The number of carbonyl (C=O) groups excluding carboxylic acids is 1. The summed E-state index contributed by atoms with van der Waals surface area (Å²) < 4.78 is 4.97. The number of aromatic nitrogens is 4. The minimum Gasteiger partial charge on any atom is -0.508 e. The Labute approximate surface area is 235 Å². The van der Waals surface area contributed by atoms with Crippen LogP contribution in [0.5, 0.6) is 5.75 Å². The molecule has 208 valence electrons. The molecule has 0 spiro atoms. The molecule has 1 aliphatic rings. The van der Waals surface area contributed by atoms with Gasteiger partial charge in [-0.15, -0.1) is 10.2 Å². The molecule has 5 rings (SSSR count). The number of aromatic hydroxyl groups is 1. The normalized spacial score (nSPS) is 15.1. The lowest BCUT2D eigenvalue weighted by Crippen LogP contribution is -2.47. The fraction of sp³-hybridized carbons (Fsp3) is 0.355. The Kier molecular flexibility index (Phi) is 9.15. The number of hydrogen-bond donors (Lipinski definition) is 1. The fourth-order valence-electron chi connectivity index (χ4n) is 5.20. The SMILES string of the molecule is CCOC(=O)CCCn1nnc(-c2ccc(C(c3cccc(O)c3)N3CCN(Cc4ccccc4)CC3)cc2)n1. The second-order valence-electron chi connectivity index (χ2n) is 10.0. The van der Waals surface area contributed by atoms with E-state index in [1.54, 1.807) is 13.0 Å². The van der Waals surface area contributed by atoms with Crippen LogP contribution in [0, 0.1) is 0 Å². The van der Waals surface area contributed by atoms with Crippen LogP contribution in [0.15, 0.2) is 78.9 Å². The Hall–Kier alpha value is -4.08. The maximum atomic E-state index is 11.6. The molecule has 2 heterocycles. The van der Waals surface area contributed by atoms with Gasteiger partial charge in [0.05, 0.1) is 19.2 Å². The summed E-state index contributed by atoms with van der Waals surface area (Å²) in [6, 6.07) is 26.5. The lowest BCUT2D eigenvalue weighted by Gasteiger charge is -2.40. The maximum Gasteiger partial charge on any atom is 0.305 e. The molecule has 9 nitrogen and oxygen atoms in total. The van der Waals surface area contributed by atoms with Crippen LogP contribution in [0.2, 0.25) is 0 Å². The average molecular weight is 541 g/mol. The topological polar surface area (TPSA) is 96.6 Å². The number of carbonyl (C=O) groups is 1. The van der Waals surface area contributed by atoms with E-state index in [0.717, 1.165) is 49.4 Å². The van der Waals surface area contributed by atoms with Crippen LogP contribution in [0.25, 0.3) is 11.4 Å². The molecule has 1 unspecified atom stereocenters. The minimum absolute atomic E-state index is 0.0199. The van der Waals surface area contributed by atoms with Crippen LogP contribution >= 0.6 is 0 Å². The molecule has 1 aliphatic heterocycles. The van der Waals surface area contributed by atoms with Crippen LogP contribution < -0.4 is 0 Å². The molecule has 1 fully saturated rings. The Morgan fingerprint density at radius 3 is 2.45 bits per heavy atom. The number of nitrogens with zero attached hydrogens (tertiary/aromatic N) is 6. The molecule has 9 heteroatoms. The van der Waals surface area contributed by atoms with E-state index in [4.69, 9.17) is 4.74 Å². The highest BCUT2D eigenvalue weighted by Gasteiger charge is 2.27. The van der Waals surface area contributed by atoms with Gasteiger partial charge in [-0.2, -0.15) is 4.80 Å². The number of benzene rings is 3. The van der Waals surface area contributed by atoms with E-state index in [-0.39, 0.29) is 17.8 Å². The molecular formula is C31H36N6O3. The first-order valence-corrected chi connectivity index (χ1v) is 13.9. The van der Waals surface area contributed by atoms with Gasteiger partial charge < -0.3 is 9.84 Å². The van der Waals surface area contributed by atoms with Crippen molar-refractivity contribution in [1.29, 1.82) is 0 Å². The van der Waals surface area contributed by atoms with Crippen LogP contribution in [0.3, 0.4) is 0 Å². The van der Waals surface area contributed by atoms with E-state index in [2.05, 4.69) is 73.7 Å². The first kappa shape index (κ1) is 27.5. The quantitative estimate of drug-likeness (QED) is 0.282. The lowest BCUT2D eigenvalue weighted by molar-refractivity contribution is -0.143. The highest BCUT2D eigenvalue weighted by Crippen LogP contribution is 2.32. The van der Waals surface area contributed by atoms with E-state index < -0.39 is 0 Å². The van der Waals surface area contributed by atoms with Gasteiger partial charge in [0.25, 0.3) is 0 Å². The summed E-state index contributed by atoms with van der Waals surface area (Å²) in [4.78, 5) is 18.1. The number of piperazine rings is 1. The van der Waals surface area contributed by atoms with Gasteiger partial charge in [0.15, 0.2) is 0 Å². The van der Waals surface area contributed by atoms with Gasteiger partial charge in [-0.1, -0.05) is 66.7 Å². The molecular weight excluding hydrogens is 504 g/mol. The smallest absolute Gasteiger partial charge is 0.305 e. The minimum atomic E-state index is -0.211. The number of tetrazole rings is 1. The molecule has 1 saturated heterocycles. The molecule has 4 aromatic rings. The molecule has 1 N–H and O–H groups in total. The number of ether oxygens (including phenoxy) is 1. The van der Waals surface area contributed by atoms with Crippen LogP contribution in [0.4, 0.5) is 0 Å². The molecule has 0 radical (unpaired) electrons. The summed E-state index contributed by atoms with van der Waals surface area (Å²) in [5.41, 5.74) is 4.42. The van der Waals surface area contributed by atoms with Gasteiger partial charge in [-0.25, -0.2) is 0 Å². The van der Waals surface area contributed by atoms with Crippen molar-refractivity contribution in [2.75, 3.05) is 32.8 Å². The number of aryl methyl sites for hydroxylation is 1. The van der Waals surface area contributed by atoms with Crippen molar-refractivity contribution in [1.82, 2.24) is 30.0 Å². The van der Waals surface area contributed by atoms with Gasteiger partial charge in [0.1, 0.15) is 5.75 Å². The fourth-order valence-corrected chi connectivity index (χ4v) is 5.20. The zero-order valence-electron chi connectivity index (χ0n) is 22.9. The maximum absolute atomic E-state index is 11.6. The number of hydrogen-bond acceptors (Lipinski definition) is 8. The number of phenolic OH excluding ortho intramolecular Hbond substituents is 1. The molecule has 0 aliphatic carbocycles. The van der Waals surface area contributed by atoms with Crippen molar-refractivity contribution in [2.45, 2.75) is 38.9 Å². The van der Waals surface area contributed by atoms with Crippen molar-refractivity contribution in [2.24, 2.45) is 0 Å². The molecule has 0 saturated carbocycles. The van der Waals surface area contributed by atoms with Gasteiger partial charge in [-0.3, -0.25) is 14.6 Å². The van der Waals surface area contributed by atoms with Gasteiger partial charge in [0.2, 0.25) is 5.82 Å². The predicted octanol–water partition coefficient (Wildman–Crippen LogP) is 4.30. The molecule has 0 amide bonds. The Morgan fingerprint density at radius 2 is 1.73 bits per heavy atom. The van der Waals surface area contributed by atoms with Gasteiger partial charge in [0, 0.05) is 44.7 Å². The van der Waals surface area contributed by atoms with Crippen molar-refractivity contribution >= 4 is 5.97 Å². The summed E-state index contributed by atoms with van der Waals surface area (Å²) in [6.07, 6.45) is 0.925. The number of rotatable bonds is 11. The number of esters is 1. The zero-order valence-corrected chi connectivity index (χ0v) is 22.9. The second kappa shape index (κ2) is 13.3. The second-order valence-corrected chi connectivity index (χ2v) is 10.0. The van der Waals surface area contributed by atoms with Crippen LogP contribution in [-0.4, -0.2) is 73.9 Å². The monoisotopic (exact) mass is 540 g/mol. The zero-order chi connectivity index (χ0) is 27.7. The molecule has 1 aromatic heterocycles. The van der Waals surface area contributed by atoms with E-state index in [1.807, 2.05) is 24.3 Å². The van der Waals surface area contributed by atoms with Crippen LogP contribution in [0.1, 0.15) is 42.5 Å². The third-order valence-electron chi connectivity index (χ3n) is 7.19. The van der Waals surface area contributed by atoms with E-state index in [1.165, 1.54) is 10.4 Å². The summed E-state index contributed by atoms with van der Waals surface area (Å²) in [5.74, 6) is 0.606. The molecule has 1 atom stereocenters. The van der Waals surface area contributed by atoms with Crippen molar-refractivity contribution in [3.05, 3.63) is 95.6 Å². The summed E-state index contributed by atoms with van der Waals surface area (Å²) in [5, 5.41) is 23.1. The summed E-state index contributed by atoms with van der Waals surface area (Å²) in [7, 11) is 0. The standard InChI is InChI=1S/C31H36N6O3/c1-2-40-29(39)12-7-17-37-33-31(32-34-37)26-15-13-25(14-16-26)30(27-10-6-11-28(38)22-27)36-20-18-35(19-21-36)23-24-8-4-3-5-9-24/h3-6,8-11,13-16,22,30,38H,2,7,12,17-21,23H2,1H3. The Bertz CT molecular complexity index is 1370. The Balaban J connectivity index is 1.27. The lowest BCUT2D eigenvalue weighted by atomic mass is 9.95. The van der Waals surface area contributed by atoms with Crippen molar-refractivity contribution in [3.8, 4) is 17.1 Å². The summed E-state index contributed by atoms with van der Waals surface area (Å²) >= 11 is 0. The Morgan fingerprint density at radius 1 is 0.950 bits per heavy atom. The number of phenols is 1. The largest absolute Gasteiger partial charge is 0.508 e. The summed E-state index contributed by atoms with van der Waals surface area (Å²) in [6.45, 7) is 7.45. The van der Waals surface area contributed by atoms with E-state index >= 15 is 0 Å². The first-order chi connectivity index (χ1) is 19.6. The highest BCUT2D eigenvalue weighted by molar-refractivity contribution is 5.69. The first-order valence-electron chi connectivity index (χ1n) is 13.9. The van der Waals surface area contributed by atoms with Crippen molar-refractivity contribution in [3.63, 3.8) is 0 Å².